The molecule has 0 aliphatic heterocycles. The smallest absolute Gasteiger partial charge is 0.143 e. The Morgan fingerprint density at radius 3 is 1.60 bits per heavy atom. The average Bonchev–Trinajstić information content (AvgIpc) is 3.70. The van der Waals surface area contributed by atoms with E-state index in [1.807, 2.05) is 0 Å². The predicted octanol–water partition coefficient (Wildman–Crippen LogP) is 12.6. The Hall–Kier alpha value is -5.92. The molecule has 1 heteroatoms. The van der Waals surface area contributed by atoms with E-state index in [4.69, 9.17) is 30.5 Å². The van der Waals surface area contributed by atoms with Crippen LogP contribution in [-0.2, 0) is 0 Å². The van der Waals surface area contributed by atoms with Crippen molar-refractivity contribution in [1.29, 1.82) is 0 Å². The Morgan fingerprint density at radius 2 is 0.933 bits per heavy atom. The quantitative estimate of drug-likeness (QED) is 0.184. The summed E-state index contributed by atoms with van der Waals surface area (Å²) in [4.78, 5) is 0. The standard InChI is InChI=1S/C44H28O/c1-3-13-29(14-4-1)33-25-26-39-40(28-33)45-44(34-24-23-30-15-7-8-18-32(30)27-34)43(39)42-37-21-11-9-19-35(37)41(31-16-5-2-6-17-31)36-20-10-12-22-38(36)42/h1-28H/i1D,2D,3D,4D,5D,6D,7D,8D,9D,10D,11D,12D,13D,14D,15D,16D,17D,18D,19D,20D,21D,22D,23D,24D,27D. The van der Waals surface area contributed by atoms with Crippen molar-refractivity contribution in [3.8, 4) is 44.7 Å². The molecule has 0 amide bonds. The van der Waals surface area contributed by atoms with Gasteiger partial charge in [-0.05, 0) is 72.7 Å². The molecule has 1 nitrogen and oxygen atoms in total. The summed E-state index contributed by atoms with van der Waals surface area (Å²) < 4.78 is 228. The summed E-state index contributed by atoms with van der Waals surface area (Å²) in [5, 5.41) is -3.61. The summed E-state index contributed by atoms with van der Waals surface area (Å²) in [6.07, 6.45) is 0. The third-order valence-corrected chi connectivity index (χ3v) is 7.33. The molecule has 8 aromatic carbocycles. The van der Waals surface area contributed by atoms with E-state index in [9.17, 15) is 8.22 Å². The van der Waals surface area contributed by atoms with Gasteiger partial charge in [-0.15, -0.1) is 0 Å². The van der Waals surface area contributed by atoms with Crippen LogP contribution in [0.3, 0.4) is 0 Å². The van der Waals surface area contributed by atoms with E-state index in [2.05, 4.69) is 0 Å². The zero-order valence-corrected chi connectivity index (χ0v) is 22.6. The minimum Gasteiger partial charge on any atom is -0.455 e. The van der Waals surface area contributed by atoms with Gasteiger partial charge in [0, 0.05) is 22.1 Å². The number of hydrogen-bond donors (Lipinski definition) is 0. The molecule has 1 aromatic heterocycles. The maximum absolute atomic E-state index is 9.55. The van der Waals surface area contributed by atoms with Crippen LogP contribution in [-0.4, -0.2) is 0 Å². The molecule has 0 atom stereocenters. The van der Waals surface area contributed by atoms with Crippen molar-refractivity contribution in [3.63, 3.8) is 0 Å². The molecule has 0 spiro atoms. The minimum absolute atomic E-state index is 0.0579. The highest BCUT2D eigenvalue weighted by molar-refractivity contribution is 6.25. The van der Waals surface area contributed by atoms with Crippen LogP contribution in [0.2, 0.25) is 0 Å². The van der Waals surface area contributed by atoms with Crippen molar-refractivity contribution in [3.05, 3.63) is 169 Å². The third-order valence-electron chi connectivity index (χ3n) is 7.33. The lowest BCUT2D eigenvalue weighted by Gasteiger charge is -2.18. The third kappa shape index (κ3) is 4.17. The highest BCUT2D eigenvalue weighted by Gasteiger charge is 2.24. The lowest BCUT2D eigenvalue weighted by Crippen LogP contribution is -1.91. The normalized spacial score (nSPS) is 19.3. The van der Waals surface area contributed by atoms with Crippen LogP contribution in [0, 0.1) is 0 Å². The first-order valence-electron chi connectivity index (χ1n) is 25.9. The average molecular weight is 598 g/mol. The molecule has 0 aliphatic carbocycles. The van der Waals surface area contributed by atoms with Gasteiger partial charge in [0.15, 0.2) is 0 Å². The van der Waals surface area contributed by atoms with Crippen molar-refractivity contribution >= 4 is 43.3 Å². The maximum atomic E-state index is 9.55. The Bertz CT molecular complexity index is 3810. The lowest BCUT2D eigenvalue weighted by atomic mass is 9.84. The Kier molecular flexibility index (Phi) is 2.51. The molecule has 45 heavy (non-hydrogen) atoms. The molecule has 210 valence electrons. The number of benzene rings is 8. The highest BCUT2D eigenvalue weighted by atomic mass is 16.3. The monoisotopic (exact) mass is 597 g/mol. The first-order valence-corrected chi connectivity index (χ1v) is 13.4. The first kappa shape index (κ1) is 10.9. The Morgan fingerprint density at radius 1 is 0.378 bits per heavy atom. The van der Waals surface area contributed by atoms with Gasteiger partial charge in [-0.1, -0.05) is 151 Å². The van der Waals surface area contributed by atoms with E-state index < -0.39 is 217 Å². The highest BCUT2D eigenvalue weighted by Crippen LogP contribution is 2.50. The second-order valence-electron chi connectivity index (χ2n) is 9.77. The van der Waals surface area contributed by atoms with Crippen LogP contribution < -0.4 is 0 Å². The lowest BCUT2D eigenvalue weighted by molar-refractivity contribution is 0.633. The Balaban J connectivity index is 1.63. The van der Waals surface area contributed by atoms with Gasteiger partial charge in [0.25, 0.3) is 0 Å². The summed E-state index contributed by atoms with van der Waals surface area (Å²) >= 11 is 0. The number of hydrogen-bond acceptors (Lipinski definition) is 1. The molecule has 9 aromatic rings. The molecule has 0 N–H and O–H groups in total. The van der Waals surface area contributed by atoms with E-state index in [-0.39, 0.29) is 22.1 Å². The fourth-order valence-electron chi connectivity index (χ4n) is 5.47. The molecule has 0 saturated carbocycles. The summed E-state index contributed by atoms with van der Waals surface area (Å²) in [5.41, 5.74) is -3.55. The van der Waals surface area contributed by atoms with Gasteiger partial charge in [-0.3, -0.25) is 0 Å². The fourth-order valence-corrected chi connectivity index (χ4v) is 5.47. The van der Waals surface area contributed by atoms with Gasteiger partial charge >= 0.3 is 0 Å². The summed E-state index contributed by atoms with van der Waals surface area (Å²) in [7, 11) is 0. The zero-order chi connectivity index (χ0) is 51.5. The van der Waals surface area contributed by atoms with Gasteiger partial charge in [0.1, 0.15) is 11.3 Å². The van der Waals surface area contributed by atoms with Gasteiger partial charge in [-0.25, -0.2) is 0 Å². The second kappa shape index (κ2) is 10.4. The number of furan rings is 1. The van der Waals surface area contributed by atoms with Crippen molar-refractivity contribution in [2.75, 3.05) is 0 Å². The molecular formula is C44H28O. The maximum Gasteiger partial charge on any atom is 0.143 e. The number of fused-ring (bicyclic) bond motifs is 4. The summed E-state index contributed by atoms with van der Waals surface area (Å²) in [5.74, 6) is -0.635. The molecule has 1 heterocycles. The van der Waals surface area contributed by atoms with Crippen LogP contribution in [0.15, 0.2) is 174 Å². The first-order chi connectivity index (χ1) is 32.7. The van der Waals surface area contributed by atoms with Crippen LogP contribution >= 0.6 is 0 Å². The zero-order valence-electron chi connectivity index (χ0n) is 47.6. The molecule has 0 aliphatic rings. The molecule has 0 fully saturated rings. The van der Waals surface area contributed by atoms with Crippen molar-refractivity contribution in [2.45, 2.75) is 0 Å². The predicted molar refractivity (Wildman–Crippen MR) is 190 cm³/mol. The summed E-state index contributed by atoms with van der Waals surface area (Å²) in [6, 6.07) is -16.9. The molecule has 9 rings (SSSR count). The largest absolute Gasteiger partial charge is 0.455 e. The number of rotatable bonds is 4. The topological polar surface area (TPSA) is 13.1 Å². The van der Waals surface area contributed by atoms with Crippen LogP contribution in [0.5, 0.6) is 0 Å². The SMILES string of the molecule is [2H]c1c([2H])c([2H])c(-c2ccc3c(-c4c5c([2H])c([2H])c([2H])c([2H])c5c(-c5c([2H])c([2H])c([2H])c([2H])c5[2H])c5c([2H])c([2H])c([2H])c([2H])c45)c(-c4c([2H])c([2H])c5c([2H])c([2H])c([2H])c([2H])c5c4[2H])oc3c2)c([2H])c1[2H]. The van der Waals surface area contributed by atoms with Gasteiger partial charge < -0.3 is 4.42 Å². The van der Waals surface area contributed by atoms with E-state index in [0.29, 0.717) is 0 Å². The van der Waals surface area contributed by atoms with E-state index in [0.717, 1.165) is 0 Å². The van der Waals surface area contributed by atoms with Crippen molar-refractivity contribution < 1.29 is 38.7 Å². The fraction of sp³-hybridized carbons (Fsp3) is 0. The molecule has 0 saturated heterocycles. The van der Waals surface area contributed by atoms with Gasteiger partial charge in [0.05, 0.1) is 34.3 Å². The second-order valence-corrected chi connectivity index (χ2v) is 9.77. The molecular weight excluding hydrogens is 544 g/mol. The molecule has 0 bridgehead atoms. The molecule has 0 unspecified atom stereocenters. The van der Waals surface area contributed by atoms with E-state index >= 15 is 0 Å². The molecule has 0 radical (unpaired) electrons. The van der Waals surface area contributed by atoms with Crippen LogP contribution in [0.25, 0.3) is 88.0 Å². The minimum atomic E-state index is -0.915. The van der Waals surface area contributed by atoms with Crippen molar-refractivity contribution in [1.82, 2.24) is 0 Å². The van der Waals surface area contributed by atoms with Crippen LogP contribution in [0.4, 0.5) is 0 Å². The van der Waals surface area contributed by atoms with E-state index in [1.165, 1.54) is 18.2 Å². The Labute approximate surface area is 296 Å². The summed E-state index contributed by atoms with van der Waals surface area (Å²) in [6.45, 7) is 0. The van der Waals surface area contributed by atoms with Crippen molar-refractivity contribution in [2.24, 2.45) is 0 Å². The van der Waals surface area contributed by atoms with Gasteiger partial charge in [-0.2, -0.15) is 0 Å². The van der Waals surface area contributed by atoms with Crippen LogP contribution in [0.1, 0.15) is 34.3 Å². The van der Waals surface area contributed by atoms with E-state index in [1.54, 1.807) is 0 Å². The van der Waals surface area contributed by atoms with Gasteiger partial charge in [0.2, 0.25) is 0 Å².